The molecular weight excluding hydrogens is 196 g/mol. The lowest BCUT2D eigenvalue weighted by Crippen LogP contribution is -2.17. The van der Waals surface area contributed by atoms with Gasteiger partial charge in [-0.2, -0.15) is 5.26 Å². The van der Waals surface area contributed by atoms with Gasteiger partial charge in [0, 0.05) is 5.56 Å². The van der Waals surface area contributed by atoms with Crippen molar-refractivity contribution in [2.45, 2.75) is 12.2 Å². The fourth-order valence-electron chi connectivity index (χ4n) is 1.13. The van der Waals surface area contributed by atoms with Gasteiger partial charge in [-0.3, -0.25) is 4.79 Å². The molecule has 0 bridgehead atoms. The molecule has 0 aliphatic carbocycles. The molecule has 15 heavy (non-hydrogen) atoms. The zero-order valence-electron chi connectivity index (χ0n) is 7.79. The zero-order chi connectivity index (χ0) is 11.4. The van der Waals surface area contributed by atoms with Gasteiger partial charge in [-0.1, -0.05) is 12.1 Å². The number of nitriles is 1. The van der Waals surface area contributed by atoms with E-state index in [1.807, 2.05) is 0 Å². The second kappa shape index (κ2) is 4.55. The van der Waals surface area contributed by atoms with E-state index in [1.165, 1.54) is 30.3 Å². The molecule has 5 heteroatoms. The molecule has 2 atom stereocenters. The lowest BCUT2D eigenvalue weighted by atomic mass is 10.0. The van der Waals surface area contributed by atoms with Crippen molar-refractivity contribution in [3.8, 4) is 6.07 Å². The summed E-state index contributed by atoms with van der Waals surface area (Å²) in [5.41, 5.74) is 5.54. The molecule has 0 aliphatic rings. The van der Waals surface area contributed by atoms with Crippen LogP contribution in [-0.4, -0.2) is 22.2 Å². The number of hydrogen-bond acceptors (Lipinski definition) is 4. The Bertz CT molecular complexity index is 411. The second-order valence-electron chi connectivity index (χ2n) is 3.01. The van der Waals surface area contributed by atoms with Crippen LogP contribution in [0.25, 0.3) is 0 Å². The first-order valence-electron chi connectivity index (χ1n) is 4.21. The van der Waals surface area contributed by atoms with Gasteiger partial charge in [0.15, 0.2) is 6.10 Å². The van der Waals surface area contributed by atoms with Crippen LogP contribution in [0.4, 0.5) is 0 Å². The van der Waals surface area contributed by atoms with E-state index in [1.54, 1.807) is 0 Å². The SMILES string of the molecule is N#CC(O)C(O)c1cccc(C(N)=O)c1. The Balaban J connectivity index is 3.01. The fourth-order valence-corrected chi connectivity index (χ4v) is 1.13. The minimum atomic E-state index is -1.52. The Morgan fingerprint density at radius 1 is 1.47 bits per heavy atom. The summed E-state index contributed by atoms with van der Waals surface area (Å²) in [6, 6.07) is 7.34. The van der Waals surface area contributed by atoms with Crippen molar-refractivity contribution in [2.24, 2.45) is 5.73 Å². The van der Waals surface area contributed by atoms with Crippen LogP contribution in [0.5, 0.6) is 0 Å². The van der Waals surface area contributed by atoms with Crippen LogP contribution < -0.4 is 5.73 Å². The average molecular weight is 206 g/mol. The number of benzene rings is 1. The molecule has 0 fully saturated rings. The Labute approximate surface area is 86.4 Å². The zero-order valence-corrected chi connectivity index (χ0v) is 7.79. The van der Waals surface area contributed by atoms with Crippen molar-refractivity contribution < 1.29 is 15.0 Å². The van der Waals surface area contributed by atoms with Crippen LogP contribution in [0.3, 0.4) is 0 Å². The number of aliphatic hydroxyl groups is 2. The quantitative estimate of drug-likeness (QED) is 0.590. The summed E-state index contributed by atoms with van der Waals surface area (Å²) in [6.07, 6.45) is -2.86. The smallest absolute Gasteiger partial charge is 0.248 e. The summed E-state index contributed by atoms with van der Waals surface area (Å²) >= 11 is 0. The minimum absolute atomic E-state index is 0.219. The van der Waals surface area contributed by atoms with E-state index in [9.17, 15) is 9.90 Å². The van der Waals surface area contributed by atoms with Gasteiger partial charge < -0.3 is 15.9 Å². The topological polar surface area (TPSA) is 107 Å². The number of hydrogen-bond donors (Lipinski definition) is 3. The van der Waals surface area contributed by atoms with Crippen LogP contribution in [0.1, 0.15) is 22.0 Å². The number of nitrogens with zero attached hydrogens (tertiary/aromatic N) is 1. The molecular formula is C10H10N2O3. The van der Waals surface area contributed by atoms with Crippen molar-refractivity contribution in [3.05, 3.63) is 35.4 Å². The highest BCUT2D eigenvalue weighted by molar-refractivity contribution is 5.92. The van der Waals surface area contributed by atoms with Gasteiger partial charge in [0.1, 0.15) is 6.10 Å². The summed E-state index contributed by atoms with van der Waals surface area (Å²) in [4.78, 5) is 10.8. The predicted octanol–water partition coefficient (Wildman–Crippen LogP) is -0.297. The summed E-state index contributed by atoms with van der Waals surface area (Å²) in [5.74, 6) is -0.629. The monoisotopic (exact) mass is 206 g/mol. The Hall–Kier alpha value is -1.90. The van der Waals surface area contributed by atoms with Gasteiger partial charge in [-0.25, -0.2) is 0 Å². The normalized spacial score (nSPS) is 13.9. The number of carbonyl (C=O) groups excluding carboxylic acids is 1. The Morgan fingerprint density at radius 3 is 2.67 bits per heavy atom. The third-order valence-electron chi connectivity index (χ3n) is 1.94. The number of primary amides is 1. The van der Waals surface area contributed by atoms with Crippen molar-refractivity contribution in [2.75, 3.05) is 0 Å². The van der Waals surface area contributed by atoms with Gasteiger partial charge in [0.25, 0.3) is 0 Å². The highest BCUT2D eigenvalue weighted by atomic mass is 16.3. The first kappa shape index (κ1) is 11.2. The van der Waals surface area contributed by atoms with Gasteiger partial charge >= 0.3 is 0 Å². The largest absolute Gasteiger partial charge is 0.385 e. The standard InChI is InChI=1S/C10H10N2O3/c11-5-8(13)9(14)6-2-1-3-7(4-6)10(12)15/h1-4,8-9,13-14H,(H2,12,15). The van der Waals surface area contributed by atoms with Gasteiger partial charge in [0.05, 0.1) is 6.07 Å². The molecule has 0 aromatic heterocycles. The third-order valence-corrected chi connectivity index (χ3v) is 1.94. The second-order valence-corrected chi connectivity index (χ2v) is 3.01. The number of carbonyl (C=O) groups is 1. The van der Waals surface area contributed by atoms with Crippen LogP contribution in [-0.2, 0) is 0 Å². The molecule has 1 rings (SSSR count). The van der Waals surface area contributed by atoms with E-state index in [0.29, 0.717) is 0 Å². The number of rotatable bonds is 3. The van der Waals surface area contributed by atoms with Gasteiger partial charge in [0.2, 0.25) is 5.91 Å². The van der Waals surface area contributed by atoms with Crippen molar-refractivity contribution in [1.29, 1.82) is 5.26 Å². The fraction of sp³-hybridized carbons (Fsp3) is 0.200. The van der Waals surface area contributed by atoms with Gasteiger partial charge in [-0.15, -0.1) is 0 Å². The average Bonchev–Trinajstić information content (AvgIpc) is 2.27. The lowest BCUT2D eigenvalue weighted by Gasteiger charge is -2.12. The first-order valence-corrected chi connectivity index (χ1v) is 4.21. The Kier molecular flexibility index (Phi) is 3.39. The molecule has 0 saturated heterocycles. The van der Waals surface area contributed by atoms with E-state index in [-0.39, 0.29) is 11.1 Å². The van der Waals surface area contributed by atoms with E-state index in [4.69, 9.17) is 16.1 Å². The predicted molar refractivity (Wildman–Crippen MR) is 51.5 cm³/mol. The maximum Gasteiger partial charge on any atom is 0.248 e. The molecule has 0 aliphatic heterocycles. The van der Waals surface area contributed by atoms with E-state index in [2.05, 4.69) is 0 Å². The Morgan fingerprint density at radius 2 is 2.13 bits per heavy atom. The summed E-state index contributed by atoms with van der Waals surface area (Å²) in [6.45, 7) is 0. The van der Waals surface area contributed by atoms with E-state index >= 15 is 0 Å². The van der Waals surface area contributed by atoms with Gasteiger partial charge in [-0.05, 0) is 17.7 Å². The number of amides is 1. The molecule has 78 valence electrons. The molecule has 1 aromatic rings. The third kappa shape index (κ3) is 2.53. The van der Waals surface area contributed by atoms with Crippen molar-refractivity contribution in [3.63, 3.8) is 0 Å². The lowest BCUT2D eigenvalue weighted by molar-refractivity contribution is 0.0527. The van der Waals surface area contributed by atoms with Crippen molar-refractivity contribution in [1.82, 2.24) is 0 Å². The maximum absolute atomic E-state index is 10.8. The van der Waals surface area contributed by atoms with Crippen LogP contribution >= 0.6 is 0 Å². The molecule has 0 spiro atoms. The molecule has 0 radical (unpaired) electrons. The van der Waals surface area contributed by atoms with Crippen LogP contribution in [0, 0.1) is 11.3 Å². The van der Waals surface area contributed by atoms with E-state index in [0.717, 1.165) is 0 Å². The van der Waals surface area contributed by atoms with E-state index < -0.39 is 18.1 Å². The van der Waals surface area contributed by atoms with Crippen LogP contribution in [0.15, 0.2) is 24.3 Å². The maximum atomic E-state index is 10.8. The van der Waals surface area contributed by atoms with Crippen LogP contribution in [0.2, 0.25) is 0 Å². The first-order chi connectivity index (χ1) is 7.06. The highest BCUT2D eigenvalue weighted by Crippen LogP contribution is 2.17. The summed E-state index contributed by atoms with van der Waals surface area (Å²) in [5, 5.41) is 26.9. The summed E-state index contributed by atoms with van der Waals surface area (Å²) in [7, 11) is 0. The molecule has 1 aromatic carbocycles. The molecule has 0 heterocycles. The molecule has 5 nitrogen and oxygen atoms in total. The summed E-state index contributed by atoms with van der Waals surface area (Å²) < 4.78 is 0. The molecule has 4 N–H and O–H groups in total. The highest BCUT2D eigenvalue weighted by Gasteiger charge is 2.18. The van der Waals surface area contributed by atoms with Crippen molar-refractivity contribution >= 4 is 5.91 Å². The molecule has 1 amide bonds. The molecule has 2 unspecified atom stereocenters. The molecule has 0 saturated carbocycles. The number of nitrogens with two attached hydrogens (primary N) is 1. The minimum Gasteiger partial charge on any atom is -0.385 e. The number of aliphatic hydroxyl groups excluding tert-OH is 2.